The summed E-state index contributed by atoms with van der Waals surface area (Å²) in [6.07, 6.45) is -5.52. The maximum Gasteiger partial charge on any atom is 0.474 e. The highest BCUT2D eigenvalue weighted by molar-refractivity contribution is 7.48. The van der Waals surface area contributed by atoms with E-state index in [1.165, 1.54) is 0 Å². The van der Waals surface area contributed by atoms with Gasteiger partial charge in [0.1, 0.15) is 0 Å². The zero-order valence-corrected chi connectivity index (χ0v) is 12.8. The summed E-state index contributed by atoms with van der Waals surface area (Å²) >= 11 is 0. The van der Waals surface area contributed by atoms with Crippen LogP contribution in [0.3, 0.4) is 0 Å². The molecule has 0 aromatic heterocycles. The number of phosphoric acid groups is 1. The van der Waals surface area contributed by atoms with E-state index >= 15 is 0 Å². The highest BCUT2D eigenvalue weighted by atomic mass is 31.2. The molecule has 0 amide bonds. The minimum absolute atomic E-state index is 0.0399. The van der Waals surface area contributed by atoms with Gasteiger partial charge in [-0.15, -0.1) is 0 Å². The Morgan fingerprint density at radius 3 is 2.24 bits per heavy atom. The summed E-state index contributed by atoms with van der Waals surface area (Å²) in [6, 6.07) is -1.21. The number of hydrogen-bond donors (Lipinski definition) is 0. The fourth-order valence-electron chi connectivity index (χ4n) is 1.46. The van der Waals surface area contributed by atoms with Crippen molar-refractivity contribution in [2.45, 2.75) is 45.3 Å². The molecule has 0 aromatic rings. The van der Waals surface area contributed by atoms with Gasteiger partial charge in [-0.25, -0.2) is 4.57 Å². The topological polar surface area (TPSA) is 93.5 Å². The summed E-state index contributed by atoms with van der Waals surface area (Å²) in [4.78, 5) is 2.39. The molecule has 0 aliphatic heterocycles. The van der Waals surface area contributed by atoms with Gasteiger partial charge >= 0.3 is 14.0 Å². The van der Waals surface area contributed by atoms with Crippen LogP contribution in [0.4, 0.5) is 13.2 Å². The second kappa shape index (κ2) is 10.0. The first-order valence-corrected chi connectivity index (χ1v) is 7.87. The first kappa shape index (κ1) is 20.2. The SMILES string of the molecule is CCOP(=O)(OCC)OCCCC(CC(F)(F)F)N=[N+]=[N-]. The van der Waals surface area contributed by atoms with Crippen LogP contribution in [0.25, 0.3) is 10.4 Å². The van der Waals surface area contributed by atoms with Crippen LogP contribution in [0, 0.1) is 0 Å². The minimum atomic E-state index is -4.41. The van der Waals surface area contributed by atoms with Gasteiger partial charge in [0.15, 0.2) is 0 Å². The average molecular weight is 333 g/mol. The van der Waals surface area contributed by atoms with Gasteiger partial charge in [-0.05, 0) is 32.2 Å². The third-order valence-corrected chi connectivity index (χ3v) is 3.84. The number of azide groups is 1. The molecule has 21 heavy (non-hydrogen) atoms. The Bertz CT molecular complexity index is 378. The van der Waals surface area contributed by atoms with Gasteiger partial charge in [-0.3, -0.25) is 13.6 Å². The second-order valence-corrected chi connectivity index (χ2v) is 5.61. The molecule has 0 N–H and O–H groups in total. The molecule has 0 rings (SSSR count). The quantitative estimate of drug-likeness (QED) is 0.182. The number of halogens is 3. The fraction of sp³-hybridized carbons (Fsp3) is 1.00. The summed E-state index contributed by atoms with van der Waals surface area (Å²) in [5, 5.41) is 3.09. The van der Waals surface area contributed by atoms with Crippen molar-refractivity contribution in [3.63, 3.8) is 0 Å². The molecule has 0 aliphatic rings. The molecule has 124 valence electrons. The molecular weight excluding hydrogens is 314 g/mol. The Morgan fingerprint density at radius 2 is 1.81 bits per heavy atom. The molecule has 0 saturated heterocycles. The van der Waals surface area contributed by atoms with Crippen LogP contribution in [0.1, 0.15) is 33.1 Å². The number of rotatable bonds is 11. The number of hydrogen-bond acceptors (Lipinski definition) is 5. The lowest BCUT2D eigenvalue weighted by Crippen LogP contribution is -2.18. The highest BCUT2D eigenvalue weighted by Gasteiger charge is 2.31. The average Bonchev–Trinajstić information content (AvgIpc) is 2.33. The predicted molar refractivity (Wildman–Crippen MR) is 69.7 cm³/mol. The number of alkyl halides is 3. The molecule has 1 atom stereocenters. The molecular formula is C10H19F3N3O4P. The minimum Gasteiger partial charge on any atom is -0.287 e. The van der Waals surface area contributed by atoms with Crippen molar-refractivity contribution in [2.75, 3.05) is 19.8 Å². The molecule has 11 heteroatoms. The van der Waals surface area contributed by atoms with Gasteiger partial charge in [-0.1, -0.05) is 5.11 Å². The van der Waals surface area contributed by atoms with E-state index in [4.69, 9.17) is 19.1 Å². The Hall–Kier alpha value is -0.790. The van der Waals surface area contributed by atoms with Crippen molar-refractivity contribution >= 4 is 7.82 Å². The molecule has 0 aromatic carbocycles. The summed E-state index contributed by atoms with van der Waals surface area (Å²) in [5.74, 6) is 0. The van der Waals surface area contributed by atoms with E-state index in [0.29, 0.717) is 0 Å². The molecule has 0 spiro atoms. The first-order chi connectivity index (χ1) is 9.76. The zero-order chi connectivity index (χ0) is 16.4. The van der Waals surface area contributed by atoms with Crippen molar-refractivity contribution in [2.24, 2.45) is 5.11 Å². The maximum atomic E-state index is 12.2. The summed E-state index contributed by atoms with van der Waals surface area (Å²) in [5.41, 5.74) is 8.23. The molecule has 0 aliphatic carbocycles. The maximum absolute atomic E-state index is 12.2. The Balaban J connectivity index is 4.25. The van der Waals surface area contributed by atoms with Gasteiger partial charge < -0.3 is 0 Å². The lowest BCUT2D eigenvalue weighted by atomic mass is 10.1. The Labute approximate surface area is 121 Å². The monoisotopic (exact) mass is 333 g/mol. The van der Waals surface area contributed by atoms with Gasteiger partial charge in [0.2, 0.25) is 0 Å². The van der Waals surface area contributed by atoms with Crippen molar-refractivity contribution in [1.29, 1.82) is 0 Å². The van der Waals surface area contributed by atoms with Crippen LogP contribution >= 0.6 is 7.82 Å². The molecule has 7 nitrogen and oxygen atoms in total. The van der Waals surface area contributed by atoms with Crippen LogP contribution in [0.2, 0.25) is 0 Å². The van der Waals surface area contributed by atoms with E-state index in [2.05, 4.69) is 10.0 Å². The zero-order valence-electron chi connectivity index (χ0n) is 11.9. The molecule has 0 fully saturated rings. The molecule has 0 saturated carbocycles. The highest BCUT2D eigenvalue weighted by Crippen LogP contribution is 2.49. The van der Waals surface area contributed by atoms with E-state index in [1.807, 2.05) is 0 Å². The predicted octanol–water partition coefficient (Wildman–Crippen LogP) is 4.60. The van der Waals surface area contributed by atoms with Gasteiger partial charge in [-0.2, -0.15) is 13.2 Å². The third-order valence-electron chi connectivity index (χ3n) is 2.19. The lowest BCUT2D eigenvalue weighted by Gasteiger charge is -2.17. The van der Waals surface area contributed by atoms with Crippen molar-refractivity contribution in [3.05, 3.63) is 10.4 Å². The number of nitrogens with zero attached hydrogens (tertiary/aromatic N) is 3. The van der Waals surface area contributed by atoms with Crippen molar-refractivity contribution in [1.82, 2.24) is 0 Å². The first-order valence-electron chi connectivity index (χ1n) is 6.41. The van der Waals surface area contributed by atoms with Crippen LogP contribution in [0.15, 0.2) is 5.11 Å². The standard InChI is InChI=1S/C10H19F3N3O4P/c1-3-18-21(17,19-4-2)20-7-5-6-9(15-16-14)8-10(11,12)13/h9H,3-8H2,1-2H3. The Morgan fingerprint density at radius 1 is 1.24 bits per heavy atom. The Kier molecular flexibility index (Phi) is 9.65. The van der Waals surface area contributed by atoms with Gasteiger partial charge in [0.25, 0.3) is 0 Å². The summed E-state index contributed by atoms with van der Waals surface area (Å²) < 4.78 is 63.2. The van der Waals surface area contributed by atoms with E-state index in [1.54, 1.807) is 13.8 Å². The summed E-state index contributed by atoms with van der Waals surface area (Å²) in [6.45, 7) is 3.33. The van der Waals surface area contributed by atoms with Crippen LogP contribution in [0.5, 0.6) is 0 Å². The van der Waals surface area contributed by atoms with Crippen LogP contribution in [-0.2, 0) is 18.1 Å². The smallest absolute Gasteiger partial charge is 0.287 e. The fourth-order valence-corrected chi connectivity index (χ4v) is 2.67. The van der Waals surface area contributed by atoms with E-state index in [-0.39, 0.29) is 32.7 Å². The van der Waals surface area contributed by atoms with E-state index < -0.39 is 26.5 Å². The van der Waals surface area contributed by atoms with Gasteiger partial charge in [0.05, 0.1) is 26.2 Å². The van der Waals surface area contributed by atoms with E-state index in [9.17, 15) is 17.7 Å². The largest absolute Gasteiger partial charge is 0.474 e. The van der Waals surface area contributed by atoms with Gasteiger partial charge in [0, 0.05) is 11.0 Å². The van der Waals surface area contributed by atoms with Crippen molar-refractivity contribution in [3.8, 4) is 0 Å². The van der Waals surface area contributed by atoms with Crippen molar-refractivity contribution < 1.29 is 31.3 Å². The van der Waals surface area contributed by atoms with Crippen LogP contribution < -0.4 is 0 Å². The third kappa shape index (κ3) is 10.6. The summed E-state index contributed by atoms with van der Waals surface area (Å²) in [7, 11) is -3.66. The number of phosphoric ester groups is 1. The molecule has 1 unspecified atom stereocenters. The normalized spacial score (nSPS) is 13.8. The van der Waals surface area contributed by atoms with E-state index in [0.717, 1.165) is 0 Å². The molecule has 0 radical (unpaired) electrons. The molecule has 0 bridgehead atoms. The second-order valence-electron chi connectivity index (χ2n) is 3.94. The molecule has 0 heterocycles. The lowest BCUT2D eigenvalue weighted by molar-refractivity contribution is -0.138. The van der Waals surface area contributed by atoms with Crippen LogP contribution in [-0.4, -0.2) is 32.0 Å².